The molecular weight excluding hydrogens is 408 g/mol. The summed E-state index contributed by atoms with van der Waals surface area (Å²) in [5.74, 6) is 0.267. The summed E-state index contributed by atoms with van der Waals surface area (Å²) in [6, 6.07) is 2.50. The minimum Gasteiger partial charge on any atom is -0.433 e. The van der Waals surface area contributed by atoms with Crippen LogP contribution in [0.2, 0.25) is 0 Å². The van der Waals surface area contributed by atoms with Crippen LogP contribution in [0.15, 0.2) is 0 Å². The van der Waals surface area contributed by atoms with E-state index in [4.69, 9.17) is 9.47 Å². The van der Waals surface area contributed by atoms with Crippen LogP contribution >= 0.6 is 0 Å². The molecule has 8 nitrogen and oxygen atoms in total. The van der Waals surface area contributed by atoms with Crippen LogP contribution in [0.5, 0.6) is 0 Å². The number of nitrogens with one attached hydrogen (secondary N) is 1. The van der Waals surface area contributed by atoms with Gasteiger partial charge in [0.25, 0.3) is 5.91 Å². The first-order valence-corrected chi connectivity index (χ1v) is 12.6. The Morgan fingerprint density at radius 3 is 2.38 bits per heavy atom. The Morgan fingerprint density at radius 2 is 1.75 bits per heavy atom. The van der Waals surface area contributed by atoms with Gasteiger partial charge in [-0.05, 0) is 57.4 Å². The molecule has 1 unspecified atom stereocenters. The van der Waals surface area contributed by atoms with Gasteiger partial charge in [0.15, 0.2) is 5.60 Å². The molecule has 2 aliphatic carbocycles. The first kappa shape index (κ1) is 23.3. The predicted octanol–water partition coefficient (Wildman–Crippen LogP) is 2.82. The smallest absolute Gasteiger partial charge is 0.410 e. The molecule has 8 heteroatoms. The van der Waals surface area contributed by atoms with E-state index in [0.29, 0.717) is 64.6 Å². The predicted molar refractivity (Wildman–Crippen MR) is 119 cm³/mol. The number of carbonyl (C=O) groups excluding carboxylic acids is 2. The molecule has 0 radical (unpaired) electrons. The van der Waals surface area contributed by atoms with E-state index in [2.05, 4.69) is 11.4 Å². The quantitative estimate of drug-likeness (QED) is 0.698. The summed E-state index contributed by atoms with van der Waals surface area (Å²) in [6.45, 7) is 3.75. The Morgan fingerprint density at radius 1 is 1.06 bits per heavy atom. The highest BCUT2D eigenvalue weighted by atomic mass is 16.6. The van der Waals surface area contributed by atoms with Gasteiger partial charge in [-0.15, -0.1) is 0 Å². The van der Waals surface area contributed by atoms with Crippen molar-refractivity contribution in [1.29, 1.82) is 5.26 Å². The average molecular weight is 447 g/mol. The lowest BCUT2D eigenvalue weighted by atomic mass is 9.80. The maximum absolute atomic E-state index is 14.3. The number of amides is 2. The topological polar surface area (TPSA) is 94.9 Å². The maximum Gasteiger partial charge on any atom is 0.410 e. The van der Waals surface area contributed by atoms with Crippen molar-refractivity contribution >= 4 is 12.0 Å². The molecule has 2 aliphatic heterocycles. The Labute approximate surface area is 191 Å². The van der Waals surface area contributed by atoms with Crippen LogP contribution in [0, 0.1) is 17.2 Å². The molecule has 1 atom stereocenters. The summed E-state index contributed by atoms with van der Waals surface area (Å²) in [6.07, 6.45) is 9.84. The zero-order valence-electron chi connectivity index (χ0n) is 19.3. The molecule has 4 aliphatic rings. The lowest BCUT2D eigenvalue weighted by Crippen LogP contribution is -2.62. The van der Waals surface area contributed by atoms with Gasteiger partial charge in [0.2, 0.25) is 0 Å². The highest BCUT2D eigenvalue weighted by Crippen LogP contribution is 2.38. The second-order valence-corrected chi connectivity index (χ2v) is 10.0. The Hall–Kier alpha value is -1.85. The Bertz CT molecular complexity index is 697. The van der Waals surface area contributed by atoms with Crippen LogP contribution < -0.4 is 5.32 Å². The number of carbonyl (C=O) groups is 2. The molecule has 0 bridgehead atoms. The molecule has 2 heterocycles. The van der Waals surface area contributed by atoms with Gasteiger partial charge < -0.3 is 24.6 Å². The second-order valence-electron chi connectivity index (χ2n) is 10.0. The monoisotopic (exact) mass is 446 g/mol. The third-order valence-corrected chi connectivity index (χ3v) is 7.87. The molecule has 4 fully saturated rings. The first-order chi connectivity index (χ1) is 15.6. The zero-order chi connectivity index (χ0) is 22.4. The number of rotatable bonds is 5. The first-order valence-electron chi connectivity index (χ1n) is 12.6. The Balaban J connectivity index is 1.60. The Kier molecular flexibility index (Phi) is 7.57. The minimum absolute atomic E-state index is 0.144. The number of morpholine rings is 1. The van der Waals surface area contributed by atoms with E-state index in [1.807, 2.05) is 4.90 Å². The van der Waals surface area contributed by atoms with E-state index in [-0.39, 0.29) is 5.91 Å². The molecule has 2 amide bonds. The lowest BCUT2D eigenvalue weighted by Gasteiger charge is -2.45. The molecule has 0 aromatic carbocycles. The van der Waals surface area contributed by atoms with Gasteiger partial charge >= 0.3 is 6.09 Å². The maximum atomic E-state index is 14.3. The largest absolute Gasteiger partial charge is 0.433 e. The normalized spacial score (nSPS) is 28.7. The van der Waals surface area contributed by atoms with E-state index in [1.165, 1.54) is 19.3 Å². The number of hydrogen-bond donors (Lipinski definition) is 1. The van der Waals surface area contributed by atoms with Crippen molar-refractivity contribution in [3.63, 3.8) is 0 Å². The molecule has 178 valence electrons. The molecule has 0 aromatic rings. The summed E-state index contributed by atoms with van der Waals surface area (Å²) < 4.78 is 11.5. The van der Waals surface area contributed by atoms with Crippen LogP contribution in [0.4, 0.5) is 4.79 Å². The van der Waals surface area contributed by atoms with Crippen molar-refractivity contribution in [3.8, 4) is 6.07 Å². The van der Waals surface area contributed by atoms with Crippen molar-refractivity contribution in [2.24, 2.45) is 5.92 Å². The summed E-state index contributed by atoms with van der Waals surface area (Å²) in [4.78, 5) is 30.8. The van der Waals surface area contributed by atoms with E-state index in [0.717, 1.165) is 38.6 Å². The van der Waals surface area contributed by atoms with Gasteiger partial charge in [0, 0.05) is 26.2 Å². The third kappa shape index (κ3) is 4.89. The summed E-state index contributed by atoms with van der Waals surface area (Å²) in [5, 5.41) is 13.5. The van der Waals surface area contributed by atoms with Crippen LogP contribution in [-0.4, -0.2) is 78.9 Å². The summed E-state index contributed by atoms with van der Waals surface area (Å²) in [5.41, 5.74) is -2.01. The molecule has 2 saturated heterocycles. The van der Waals surface area contributed by atoms with Crippen molar-refractivity contribution in [1.82, 2.24) is 15.1 Å². The fourth-order valence-corrected chi connectivity index (χ4v) is 5.85. The zero-order valence-corrected chi connectivity index (χ0v) is 19.3. The molecular formula is C24H38N4O4. The highest BCUT2D eigenvalue weighted by molar-refractivity contribution is 5.89. The number of nitrogens with zero attached hydrogens (tertiary/aromatic N) is 3. The molecule has 4 rings (SSSR count). The number of ether oxygens (including phenoxy) is 2. The average Bonchev–Trinajstić information content (AvgIpc) is 3.34. The van der Waals surface area contributed by atoms with Gasteiger partial charge in [0.1, 0.15) is 5.54 Å². The standard InChI is InChI=1S/C24H38N4O4/c25-18-23(11-12-26-19-23)28(17-20-7-3-1-4-8-20)21(29)24(9-5-2-6-10-24)32-22(30)27-13-15-31-16-14-27/h20,26H,1-17,19H2. The van der Waals surface area contributed by atoms with Crippen LogP contribution in [0.25, 0.3) is 0 Å². The van der Waals surface area contributed by atoms with Crippen molar-refractivity contribution in [2.45, 2.75) is 81.8 Å². The third-order valence-electron chi connectivity index (χ3n) is 7.87. The van der Waals surface area contributed by atoms with Gasteiger partial charge in [-0.25, -0.2) is 4.79 Å². The minimum atomic E-state index is -1.16. The van der Waals surface area contributed by atoms with Crippen LogP contribution in [0.3, 0.4) is 0 Å². The molecule has 32 heavy (non-hydrogen) atoms. The van der Waals surface area contributed by atoms with E-state index in [1.54, 1.807) is 4.90 Å². The lowest BCUT2D eigenvalue weighted by molar-refractivity contribution is -0.162. The molecule has 1 N–H and O–H groups in total. The van der Waals surface area contributed by atoms with E-state index in [9.17, 15) is 14.9 Å². The molecule has 0 spiro atoms. The van der Waals surface area contributed by atoms with E-state index < -0.39 is 17.2 Å². The number of nitriles is 1. The van der Waals surface area contributed by atoms with Gasteiger partial charge in [-0.1, -0.05) is 25.7 Å². The van der Waals surface area contributed by atoms with E-state index >= 15 is 0 Å². The van der Waals surface area contributed by atoms with Crippen LogP contribution in [0.1, 0.15) is 70.6 Å². The highest BCUT2D eigenvalue weighted by Gasteiger charge is 2.53. The summed E-state index contributed by atoms with van der Waals surface area (Å²) in [7, 11) is 0. The summed E-state index contributed by atoms with van der Waals surface area (Å²) >= 11 is 0. The number of hydrogen-bond acceptors (Lipinski definition) is 6. The molecule has 2 saturated carbocycles. The van der Waals surface area contributed by atoms with Crippen molar-refractivity contribution in [3.05, 3.63) is 0 Å². The SMILES string of the molecule is N#CC1(N(CC2CCCCC2)C(=O)C2(OC(=O)N3CCOCC3)CCCCC2)CCNC1. The molecule has 0 aromatic heterocycles. The fraction of sp³-hybridized carbons (Fsp3) is 0.875. The van der Waals surface area contributed by atoms with Gasteiger partial charge in [-0.3, -0.25) is 4.79 Å². The van der Waals surface area contributed by atoms with Crippen LogP contribution in [-0.2, 0) is 14.3 Å². The van der Waals surface area contributed by atoms with Crippen molar-refractivity contribution in [2.75, 3.05) is 45.9 Å². The second kappa shape index (κ2) is 10.4. The van der Waals surface area contributed by atoms with Gasteiger partial charge in [-0.2, -0.15) is 5.26 Å². The van der Waals surface area contributed by atoms with Crippen molar-refractivity contribution < 1.29 is 19.1 Å². The van der Waals surface area contributed by atoms with Gasteiger partial charge in [0.05, 0.1) is 19.3 Å². The fourth-order valence-electron chi connectivity index (χ4n) is 5.85.